The minimum absolute atomic E-state index is 0.623. The molecule has 0 amide bonds. The van der Waals surface area contributed by atoms with Crippen LogP contribution in [0.15, 0.2) is 4.99 Å². The highest BCUT2D eigenvalue weighted by Gasteiger charge is 2.21. The first-order valence-corrected chi connectivity index (χ1v) is 6.39. The zero-order valence-corrected chi connectivity index (χ0v) is 9.97. The van der Waals surface area contributed by atoms with Crippen molar-refractivity contribution in [2.45, 2.75) is 64.3 Å². The molecular weight excluding hydrogens is 186 g/mol. The van der Waals surface area contributed by atoms with Crippen molar-refractivity contribution in [3.05, 3.63) is 0 Å². The number of hydrogen-bond donors (Lipinski definition) is 2. The van der Waals surface area contributed by atoms with E-state index in [0.29, 0.717) is 12.0 Å². The average molecular weight is 211 g/mol. The molecule has 0 saturated heterocycles. The van der Waals surface area contributed by atoms with E-state index >= 15 is 0 Å². The molecule has 0 aromatic carbocycles. The van der Waals surface area contributed by atoms with Gasteiger partial charge in [-0.15, -0.1) is 0 Å². The highest BCUT2D eigenvalue weighted by atomic mass is 15.1. The summed E-state index contributed by atoms with van der Waals surface area (Å²) in [6, 6.07) is 0.623. The van der Waals surface area contributed by atoms with Crippen molar-refractivity contribution in [1.29, 1.82) is 0 Å². The topological polar surface area (TPSA) is 50.4 Å². The number of nitrogens with zero attached hydrogens (tertiary/aromatic N) is 1. The van der Waals surface area contributed by atoms with Crippen molar-refractivity contribution in [2.24, 2.45) is 10.7 Å². The molecule has 0 aromatic rings. The van der Waals surface area contributed by atoms with E-state index in [4.69, 9.17) is 5.73 Å². The lowest BCUT2D eigenvalue weighted by atomic mass is 10.1. The van der Waals surface area contributed by atoms with E-state index in [-0.39, 0.29) is 0 Å². The van der Waals surface area contributed by atoms with Crippen LogP contribution in [-0.4, -0.2) is 18.5 Å². The van der Waals surface area contributed by atoms with Crippen LogP contribution in [0, 0.1) is 0 Å². The average Bonchev–Trinajstić information content (AvgIpc) is 3.00. The molecule has 1 aliphatic carbocycles. The Balaban J connectivity index is 1.86. The smallest absolute Gasteiger partial charge is 0.188 e. The quantitative estimate of drug-likeness (QED) is 0.368. The molecule has 15 heavy (non-hydrogen) atoms. The molecule has 3 nitrogen and oxygen atoms in total. The van der Waals surface area contributed by atoms with Crippen LogP contribution < -0.4 is 11.1 Å². The Morgan fingerprint density at radius 2 is 1.87 bits per heavy atom. The van der Waals surface area contributed by atoms with Crippen molar-refractivity contribution < 1.29 is 0 Å². The maximum absolute atomic E-state index is 5.72. The molecule has 3 heteroatoms. The summed E-state index contributed by atoms with van der Waals surface area (Å²) in [5, 5.41) is 3.19. The molecule has 88 valence electrons. The van der Waals surface area contributed by atoms with Gasteiger partial charge >= 0.3 is 0 Å². The second-order valence-electron chi connectivity index (χ2n) is 4.45. The van der Waals surface area contributed by atoms with Crippen molar-refractivity contribution in [3.8, 4) is 0 Å². The van der Waals surface area contributed by atoms with Gasteiger partial charge in [-0.05, 0) is 19.3 Å². The number of aliphatic imine (C=N–C) groups is 1. The first kappa shape index (κ1) is 12.3. The van der Waals surface area contributed by atoms with Crippen LogP contribution in [0.4, 0.5) is 0 Å². The van der Waals surface area contributed by atoms with Crippen LogP contribution in [0.3, 0.4) is 0 Å². The summed E-state index contributed by atoms with van der Waals surface area (Å²) in [5.74, 6) is 0.644. The summed E-state index contributed by atoms with van der Waals surface area (Å²) in [7, 11) is 0. The van der Waals surface area contributed by atoms with Crippen molar-refractivity contribution in [2.75, 3.05) is 6.54 Å². The highest BCUT2D eigenvalue weighted by molar-refractivity contribution is 5.78. The molecule has 1 saturated carbocycles. The molecule has 0 atom stereocenters. The second kappa shape index (κ2) is 7.55. The minimum Gasteiger partial charge on any atom is -0.370 e. The van der Waals surface area contributed by atoms with Crippen molar-refractivity contribution >= 4 is 5.96 Å². The van der Waals surface area contributed by atoms with E-state index in [9.17, 15) is 0 Å². The minimum atomic E-state index is 0.623. The van der Waals surface area contributed by atoms with E-state index in [0.717, 1.165) is 6.54 Å². The Hall–Kier alpha value is -0.730. The van der Waals surface area contributed by atoms with E-state index in [1.807, 2.05) is 0 Å². The molecule has 1 fully saturated rings. The molecule has 1 aliphatic rings. The Bertz CT molecular complexity index is 185. The van der Waals surface area contributed by atoms with Gasteiger partial charge < -0.3 is 11.1 Å². The molecule has 0 spiro atoms. The lowest BCUT2D eigenvalue weighted by Crippen LogP contribution is -2.33. The van der Waals surface area contributed by atoms with E-state index in [1.54, 1.807) is 0 Å². The molecule has 3 N–H and O–H groups in total. The number of unbranched alkanes of at least 4 members (excludes halogenated alkanes) is 5. The van der Waals surface area contributed by atoms with Crippen LogP contribution >= 0.6 is 0 Å². The summed E-state index contributed by atoms with van der Waals surface area (Å²) in [4.78, 5) is 4.31. The predicted octanol–water partition coefficient (Wildman–Crippen LogP) is 2.41. The van der Waals surface area contributed by atoms with E-state index in [1.165, 1.54) is 51.4 Å². The van der Waals surface area contributed by atoms with Gasteiger partial charge in [0, 0.05) is 12.6 Å². The van der Waals surface area contributed by atoms with Gasteiger partial charge in [0.15, 0.2) is 5.96 Å². The van der Waals surface area contributed by atoms with Gasteiger partial charge in [0.05, 0.1) is 0 Å². The van der Waals surface area contributed by atoms with Crippen LogP contribution in [0.1, 0.15) is 58.3 Å². The Morgan fingerprint density at radius 3 is 2.53 bits per heavy atom. The molecule has 0 heterocycles. The van der Waals surface area contributed by atoms with Gasteiger partial charge in [-0.25, -0.2) is 0 Å². The van der Waals surface area contributed by atoms with Gasteiger partial charge in [-0.3, -0.25) is 4.99 Å². The third-order valence-corrected chi connectivity index (χ3v) is 2.72. The zero-order valence-electron chi connectivity index (χ0n) is 9.97. The molecule has 1 rings (SSSR count). The lowest BCUT2D eigenvalue weighted by molar-refractivity contribution is 0.611. The van der Waals surface area contributed by atoms with Crippen molar-refractivity contribution in [3.63, 3.8) is 0 Å². The molecule has 0 radical (unpaired) electrons. The van der Waals surface area contributed by atoms with Gasteiger partial charge in [-0.2, -0.15) is 0 Å². The maximum Gasteiger partial charge on any atom is 0.188 e. The van der Waals surface area contributed by atoms with Crippen LogP contribution in [0.25, 0.3) is 0 Å². The normalized spacial score (nSPS) is 16.7. The summed E-state index contributed by atoms with van der Waals surface area (Å²) >= 11 is 0. The molecule has 0 aliphatic heterocycles. The van der Waals surface area contributed by atoms with Crippen LogP contribution in [-0.2, 0) is 0 Å². The van der Waals surface area contributed by atoms with Gasteiger partial charge in [-0.1, -0.05) is 39.0 Å². The number of guanidine groups is 1. The molecule has 0 bridgehead atoms. The van der Waals surface area contributed by atoms with Crippen LogP contribution in [0.5, 0.6) is 0 Å². The van der Waals surface area contributed by atoms with E-state index in [2.05, 4.69) is 17.2 Å². The van der Waals surface area contributed by atoms with Crippen molar-refractivity contribution in [1.82, 2.24) is 5.32 Å². The van der Waals surface area contributed by atoms with E-state index < -0.39 is 0 Å². The van der Waals surface area contributed by atoms with Crippen LogP contribution in [0.2, 0.25) is 0 Å². The maximum atomic E-state index is 5.72. The monoisotopic (exact) mass is 211 g/mol. The summed E-state index contributed by atoms with van der Waals surface area (Å²) in [6.45, 7) is 3.13. The molecule has 0 unspecified atom stereocenters. The fraction of sp³-hybridized carbons (Fsp3) is 0.917. The first-order valence-electron chi connectivity index (χ1n) is 6.39. The Kier molecular flexibility index (Phi) is 6.21. The summed E-state index contributed by atoms with van der Waals surface area (Å²) in [5.41, 5.74) is 5.72. The third kappa shape index (κ3) is 7.23. The highest BCUT2D eigenvalue weighted by Crippen LogP contribution is 2.17. The Morgan fingerprint density at radius 1 is 1.20 bits per heavy atom. The van der Waals surface area contributed by atoms with Gasteiger partial charge in [0.2, 0.25) is 0 Å². The largest absolute Gasteiger partial charge is 0.370 e. The SMILES string of the molecule is CCCCCCCCN=C(N)NC1CC1. The number of hydrogen-bond acceptors (Lipinski definition) is 1. The third-order valence-electron chi connectivity index (χ3n) is 2.72. The predicted molar refractivity (Wildman–Crippen MR) is 66.0 cm³/mol. The molecular formula is C12H25N3. The Labute approximate surface area is 93.5 Å². The molecule has 0 aromatic heterocycles. The zero-order chi connectivity index (χ0) is 10.9. The number of nitrogens with two attached hydrogens (primary N) is 1. The summed E-state index contributed by atoms with van der Waals surface area (Å²) < 4.78 is 0. The number of rotatable bonds is 8. The fourth-order valence-corrected chi connectivity index (χ4v) is 1.57. The first-order chi connectivity index (χ1) is 7.33. The lowest BCUT2D eigenvalue weighted by Gasteiger charge is -2.02. The van der Waals surface area contributed by atoms with Gasteiger partial charge in [0.25, 0.3) is 0 Å². The fourth-order valence-electron chi connectivity index (χ4n) is 1.57. The number of nitrogens with one attached hydrogen (secondary N) is 1. The standard InChI is InChI=1S/C12H25N3/c1-2-3-4-5-6-7-10-14-12(13)15-11-8-9-11/h11H,2-10H2,1H3,(H3,13,14,15). The van der Waals surface area contributed by atoms with Gasteiger partial charge in [0.1, 0.15) is 0 Å². The summed E-state index contributed by atoms with van der Waals surface area (Å²) in [6.07, 6.45) is 10.4. The second-order valence-corrected chi connectivity index (χ2v) is 4.45.